The largest absolute Gasteiger partial charge is 0.417 e. The summed E-state index contributed by atoms with van der Waals surface area (Å²) in [5.74, 6) is -0.489. The van der Waals surface area contributed by atoms with Crippen LogP contribution in [-0.4, -0.2) is 35.8 Å². The van der Waals surface area contributed by atoms with Gasteiger partial charge in [-0.15, -0.1) is 0 Å². The van der Waals surface area contributed by atoms with E-state index in [0.717, 1.165) is 11.6 Å². The molecule has 3 aromatic rings. The molecule has 3 aromatic carbocycles. The van der Waals surface area contributed by atoms with Crippen molar-refractivity contribution >= 4 is 25.8 Å². The third-order valence-corrected chi connectivity index (χ3v) is 8.90. The summed E-state index contributed by atoms with van der Waals surface area (Å²) in [6, 6.07) is 15.4. The lowest BCUT2D eigenvalue weighted by atomic mass is 9.87. The number of sulfonamides is 1. The van der Waals surface area contributed by atoms with Crippen molar-refractivity contribution in [3.8, 4) is 0 Å². The molecule has 12 heteroatoms. The maximum Gasteiger partial charge on any atom is 0.417 e. The second-order valence-corrected chi connectivity index (χ2v) is 13.1. The summed E-state index contributed by atoms with van der Waals surface area (Å²) in [5.41, 5.74) is -0.280. The average Bonchev–Trinajstić information content (AvgIpc) is 2.85. The smallest absolute Gasteiger partial charge is 0.351 e. The molecule has 38 heavy (non-hydrogen) atoms. The number of alkyl halides is 3. The predicted molar refractivity (Wildman–Crippen MR) is 136 cm³/mol. The lowest BCUT2D eigenvalue weighted by molar-refractivity contribution is -0.139. The first-order valence-electron chi connectivity index (χ1n) is 11.4. The van der Waals surface area contributed by atoms with E-state index >= 15 is 0 Å². The molecule has 0 aliphatic rings. The highest BCUT2D eigenvalue weighted by molar-refractivity contribution is 7.91. The quantitative estimate of drug-likeness (QED) is 0.388. The van der Waals surface area contributed by atoms with E-state index in [1.54, 1.807) is 30.3 Å². The van der Waals surface area contributed by atoms with Gasteiger partial charge in [-0.05, 0) is 53.4 Å². The molecule has 0 saturated carbocycles. The summed E-state index contributed by atoms with van der Waals surface area (Å²) in [6.07, 6.45) is -5.06. The van der Waals surface area contributed by atoms with Crippen molar-refractivity contribution in [2.75, 3.05) is 13.1 Å². The molecular weight excluding hydrogens is 541 g/mol. The zero-order valence-electron chi connectivity index (χ0n) is 20.8. The first-order valence-corrected chi connectivity index (χ1v) is 14.4. The Morgan fingerprint density at radius 3 is 1.95 bits per heavy atom. The van der Waals surface area contributed by atoms with Gasteiger partial charge in [0.25, 0.3) is 5.91 Å². The molecule has 0 radical (unpaired) electrons. The second-order valence-electron chi connectivity index (χ2n) is 9.45. The molecule has 0 atom stereocenters. The van der Waals surface area contributed by atoms with Crippen LogP contribution in [0.3, 0.4) is 0 Å². The molecule has 0 heterocycles. The van der Waals surface area contributed by atoms with Gasteiger partial charge < -0.3 is 5.32 Å². The fourth-order valence-electron chi connectivity index (χ4n) is 3.52. The van der Waals surface area contributed by atoms with Crippen LogP contribution in [0.25, 0.3) is 0 Å². The molecule has 0 aromatic heterocycles. The number of benzene rings is 3. The molecular formula is C26H27F3N2O5S2. The first kappa shape index (κ1) is 29.3. The topological polar surface area (TPSA) is 109 Å². The maximum absolute atomic E-state index is 13.6. The lowest BCUT2D eigenvalue weighted by Crippen LogP contribution is -2.35. The van der Waals surface area contributed by atoms with Crippen molar-refractivity contribution in [1.82, 2.24) is 10.0 Å². The standard InChI is InChI=1S/C26H27F3N2O5S2/c1-25(2,3)19-11-9-18(10-12-19)24(32)30-15-16-31-38(35,36)23-17-21(13-14-22(23)26(27,28)29)37(33,34)20-7-5-4-6-8-20/h4-14,17,31H,15-16H2,1-3H3,(H,30,32). The van der Waals surface area contributed by atoms with Crippen molar-refractivity contribution in [2.45, 2.75) is 47.0 Å². The van der Waals surface area contributed by atoms with Crippen molar-refractivity contribution in [3.63, 3.8) is 0 Å². The van der Waals surface area contributed by atoms with Crippen LogP contribution < -0.4 is 10.0 Å². The third kappa shape index (κ3) is 6.80. The minimum atomic E-state index is -5.06. The molecule has 0 spiro atoms. The summed E-state index contributed by atoms with van der Waals surface area (Å²) in [6.45, 7) is 5.41. The zero-order chi connectivity index (χ0) is 28.4. The van der Waals surface area contributed by atoms with Gasteiger partial charge >= 0.3 is 6.18 Å². The Bertz CT molecular complexity index is 1510. The van der Waals surface area contributed by atoms with Crippen LogP contribution in [0.2, 0.25) is 0 Å². The summed E-state index contributed by atoms with van der Waals surface area (Å²) < 4.78 is 94.3. The number of halogens is 3. The lowest BCUT2D eigenvalue weighted by Gasteiger charge is -2.19. The van der Waals surface area contributed by atoms with E-state index in [4.69, 9.17) is 0 Å². The Balaban J connectivity index is 1.78. The van der Waals surface area contributed by atoms with Crippen molar-refractivity contribution in [3.05, 3.63) is 89.5 Å². The van der Waals surface area contributed by atoms with E-state index in [9.17, 15) is 34.8 Å². The van der Waals surface area contributed by atoms with Crippen LogP contribution >= 0.6 is 0 Å². The molecule has 1 amide bonds. The number of carbonyl (C=O) groups is 1. The molecule has 0 saturated heterocycles. The third-order valence-electron chi connectivity index (χ3n) is 5.63. The number of carbonyl (C=O) groups excluding carboxylic acids is 1. The number of sulfone groups is 1. The Hall–Kier alpha value is -3.22. The summed E-state index contributed by atoms with van der Waals surface area (Å²) in [7, 11) is -9.09. The normalized spacial score (nSPS) is 12.8. The van der Waals surface area contributed by atoms with Gasteiger partial charge in [0.2, 0.25) is 19.9 Å². The maximum atomic E-state index is 13.6. The van der Waals surface area contributed by atoms with Crippen LogP contribution in [0.15, 0.2) is 87.5 Å². The fraction of sp³-hybridized carbons (Fsp3) is 0.269. The summed E-state index contributed by atoms with van der Waals surface area (Å²) >= 11 is 0. The van der Waals surface area contributed by atoms with E-state index in [-0.39, 0.29) is 16.9 Å². The summed E-state index contributed by atoms with van der Waals surface area (Å²) in [5, 5.41) is 2.50. The van der Waals surface area contributed by atoms with Crippen molar-refractivity contribution < 1.29 is 34.8 Å². The number of hydrogen-bond donors (Lipinski definition) is 2. The second kappa shape index (κ2) is 10.9. The van der Waals surface area contributed by atoms with Crippen LogP contribution in [-0.2, 0) is 31.5 Å². The van der Waals surface area contributed by atoms with Gasteiger partial charge in [0.1, 0.15) is 0 Å². The van der Waals surface area contributed by atoms with Crippen molar-refractivity contribution in [2.24, 2.45) is 0 Å². The highest BCUT2D eigenvalue weighted by Gasteiger charge is 2.38. The Kier molecular flexibility index (Phi) is 8.39. The van der Waals surface area contributed by atoms with Crippen LogP contribution in [0.5, 0.6) is 0 Å². The molecule has 0 fully saturated rings. The van der Waals surface area contributed by atoms with E-state index in [0.29, 0.717) is 17.7 Å². The van der Waals surface area contributed by atoms with E-state index in [1.165, 1.54) is 24.3 Å². The van der Waals surface area contributed by atoms with Crippen LogP contribution in [0.1, 0.15) is 42.3 Å². The zero-order valence-corrected chi connectivity index (χ0v) is 22.5. The molecule has 0 aliphatic carbocycles. The molecule has 7 nitrogen and oxygen atoms in total. The van der Waals surface area contributed by atoms with Gasteiger partial charge in [0.05, 0.1) is 20.2 Å². The van der Waals surface area contributed by atoms with Gasteiger partial charge in [-0.25, -0.2) is 21.6 Å². The molecule has 2 N–H and O–H groups in total. The van der Waals surface area contributed by atoms with Gasteiger partial charge in [0.15, 0.2) is 0 Å². The summed E-state index contributed by atoms with van der Waals surface area (Å²) in [4.78, 5) is 10.3. The highest BCUT2D eigenvalue weighted by atomic mass is 32.2. The van der Waals surface area contributed by atoms with Gasteiger partial charge in [-0.2, -0.15) is 13.2 Å². The molecule has 0 bridgehead atoms. The first-order chi connectivity index (χ1) is 17.5. The Morgan fingerprint density at radius 2 is 1.39 bits per heavy atom. The fourth-order valence-corrected chi connectivity index (χ4v) is 6.19. The van der Waals surface area contributed by atoms with E-state index < -0.39 is 53.8 Å². The van der Waals surface area contributed by atoms with Crippen LogP contribution in [0.4, 0.5) is 13.2 Å². The predicted octanol–water partition coefficient (Wildman–Crippen LogP) is 4.54. The number of rotatable bonds is 8. The number of nitrogens with one attached hydrogen (secondary N) is 2. The van der Waals surface area contributed by atoms with Crippen molar-refractivity contribution in [1.29, 1.82) is 0 Å². The number of amides is 1. The Morgan fingerprint density at radius 1 is 0.789 bits per heavy atom. The minimum absolute atomic E-state index is 0.111. The van der Waals surface area contributed by atoms with Gasteiger partial charge in [-0.1, -0.05) is 51.1 Å². The molecule has 204 valence electrons. The van der Waals surface area contributed by atoms with E-state index in [1.807, 2.05) is 25.5 Å². The molecule has 0 unspecified atom stereocenters. The molecule has 0 aliphatic heterocycles. The monoisotopic (exact) mass is 568 g/mol. The van der Waals surface area contributed by atoms with Gasteiger partial charge in [0, 0.05) is 18.7 Å². The van der Waals surface area contributed by atoms with Gasteiger partial charge in [-0.3, -0.25) is 4.79 Å². The highest BCUT2D eigenvalue weighted by Crippen LogP contribution is 2.36. The molecule has 3 rings (SSSR count). The van der Waals surface area contributed by atoms with E-state index in [2.05, 4.69) is 5.32 Å². The minimum Gasteiger partial charge on any atom is -0.351 e. The number of hydrogen-bond acceptors (Lipinski definition) is 5. The average molecular weight is 569 g/mol. The van der Waals surface area contributed by atoms with Crippen LogP contribution in [0, 0.1) is 0 Å². The SMILES string of the molecule is CC(C)(C)c1ccc(C(=O)NCCNS(=O)(=O)c2cc(S(=O)(=O)c3ccccc3)ccc2C(F)(F)F)cc1. The Labute approximate surface area is 220 Å².